The summed E-state index contributed by atoms with van der Waals surface area (Å²) in [6.07, 6.45) is 0.409. The summed E-state index contributed by atoms with van der Waals surface area (Å²) in [4.78, 5) is 43.3. The fourth-order valence-electron chi connectivity index (χ4n) is 4.96. The summed E-state index contributed by atoms with van der Waals surface area (Å²) in [7, 11) is 0. The third-order valence-electron chi connectivity index (χ3n) is 6.35. The van der Waals surface area contributed by atoms with Crippen molar-refractivity contribution in [1.82, 2.24) is 9.80 Å². The van der Waals surface area contributed by atoms with E-state index in [2.05, 4.69) is 0 Å². The van der Waals surface area contributed by atoms with E-state index in [0.29, 0.717) is 18.1 Å². The predicted molar refractivity (Wildman–Crippen MR) is 109 cm³/mol. The molecule has 3 aliphatic heterocycles. The zero-order valence-electron chi connectivity index (χ0n) is 16.7. The maximum atomic E-state index is 13.6. The minimum absolute atomic E-state index is 0.148. The number of likely N-dealkylation sites (tertiary alicyclic amines) is 1. The summed E-state index contributed by atoms with van der Waals surface area (Å²) in [6.45, 7) is 1.78. The molecule has 1 unspecified atom stereocenters. The quantitative estimate of drug-likeness (QED) is 0.649. The Bertz CT molecular complexity index is 1240. The van der Waals surface area contributed by atoms with E-state index in [0.717, 1.165) is 17.0 Å². The van der Waals surface area contributed by atoms with Gasteiger partial charge in [-0.05, 0) is 43.2 Å². The van der Waals surface area contributed by atoms with E-state index in [9.17, 15) is 23.2 Å². The lowest BCUT2D eigenvalue weighted by Gasteiger charge is -2.35. The van der Waals surface area contributed by atoms with Gasteiger partial charge in [-0.1, -0.05) is 11.6 Å². The van der Waals surface area contributed by atoms with E-state index in [1.165, 1.54) is 21.9 Å². The monoisotopic (exact) mass is 456 g/mol. The number of carbonyl (C=O) groups excluding carboxylic acids is 3. The number of anilines is 1. The molecule has 3 aliphatic rings. The Morgan fingerprint density at radius 3 is 2.53 bits per heavy atom. The second kappa shape index (κ2) is 7.00. The molecule has 0 aromatic heterocycles. The molecule has 2 bridgehead atoms. The van der Waals surface area contributed by atoms with Crippen LogP contribution in [0.25, 0.3) is 0 Å². The number of rotatable bonds is 2. The van der Waals surface area contributed by atoms with Crippen molar-refractivity contribution < 1.29 is 23.2 Å². The van der Waals surface area contributed by atoms with Crippen molar-refractivity contribution in [2.45, 2.75) is 31.5 Å². The van der Waals surface area contributed by atoms with Gasteiger partial charge in [-0.25, -0.2) is 18.5 Å². The fraction of sp³-hybridized carbons (Fsp3) is 0.273. The van der Waals surface area contributed by atoms with Crippen LogP contribution in [0.5, 0.6) is 0 Å². The number of urea groups is 1. The minimum atomic E-state index is -0.891. The largest absolute Gasteiger partial charge is 0.332 e. The van der Waals surface area contributed by atoms with Crippen molar-refractivity contribution in [2.24, 2.45) is 0 Å². The van der Waals surface area contributed by atoms with Crippen LogP contribution in [0.1, 0.15) is 27.9 Å². The molecule has 0 spiro atoms. The van der Waals surface area contributed by atoms with E-state index < -0.39 is 41.6 Å². The minimum Gasteiger partial charge on any atom is -0.331 e. The van der Waals surface area contributed by atoms with Crippen LogP contribution in [0, 0.1) is 29.9 Å². The molecule has 3 fully saturated rings. The van der Waals surface area contributed by atoms with Crippen molar-refractivity contribution >= 4 is 35.1 Å². The Labute approximate surface area is 186 Å². The van der Waals surface area contributed by atoms with Crippen LogP contribution in [0.4, 0.5) is 19.3 Å². The average molecular weight is 457 g/mol. The van der Waals surface area contributed by atoms with Gasteiger partial charge in [0.15, 0.2) is 0 Å². The molecule has 0 saturated carbocycles. The molecular weight excluding hydrogens is 442 g/mol. The predicted octanol–water partition coefficient (Wildman–Crippen LogP) is 3.23. The Morgan fingerprint density at radius 1 is 1.19 bits per heavy atom. The highest BCUT2D eigenvalue weighted by Crippen LogP contribution is 2.44. The lowest BCUT2D eigenvalue weighted by Crippen LogP contribution is -2.54. The molecule has 3 atom stereocenters. The van der Waals surface area contributed by atoms with E-state index in [-0.39, 0.29) is 34.4 Å². The van der Waals surface area contributed by atoms with Crippen molar-refractivity contribution in [3.8, 4) is 6.07 Å². The Hall–Kier alpha value is -3.51. The second-order valence-electron chi connectivity index (χ2n) is 8.06. The van der Waals surface area contributed by atoms with E-state index >= 15 is 0 Å². The molecular formula is C22H15ClF2N4O3. The Kier molecular flexibility index (Phi) is 4.46. The molecule has 10 heteroatoms. The van der Waals surface area contributed by atoms with E-state index in [1.807, 2.05) is 6.07 Å². The molecule has 162 valence electrons. The number of piperazine rings is 1. The number of nitrogens with zero attached hydrogens (tertiary/aromatic N) is 4. The molecule has 32 heavy (non-hydrogen) atoms. The van der Waals surface area contributed by atoms with Crippen molar-refractivity contribution in [2.75, 3.05) is 11.4 Å². The first-order valence-electron chi connectivity index (χ1n) is 9.85. The molecule has 3 heterocycles. The van der Waals surface area contributed by atoms with Crippen molar-refractivity contribution in [3.05, 3.63) is 63.7 Å². The first-order valence-corrected chi connectivity index (χ1v) is 10.2. The van der Waals surface area contributed by atoms with Gasteiger partial charge in [0.25, 0.3) is 11.8 Å². The van der Waals surface area contributed by atoms with Gasteiger partial charge in [0.2, 0.25) is 0 Å². The molecule has 0 aliphatic carbocycles. The molecule has 4 amide bonds. The van der Waals surface area contributed by atoms with Crippen LogP contribution in [0.15, 0.2) is 30.3 Å². The smallest absolute Gasteiger partial charge is 0.331 e. The summed E-state index contributed by atoms with van der Waals surface area (Å²) in [6, 6.07) is 5.08. The van der Waals surface area contributed by atoms with Gasteiger partial charge in [-0.3, -0.25) is 9.59 Å². The van der Waals surface area contributed by atoms with Crippen LogP contribution in [-0.4, -0.2) is 52.3 Å². The maximum Gasteiger partial charge on any atom is 0.332 e. The molecule has 0 N–H and O–H groups in total. The first kappa shape index (κ1) is 20.4. The highest BCUT2D eigenvalue weighted by molar-refractivity contribution is 6.33. The summed E-state index contributed by atoms with van der Waals surface area (Å²) in [5, 5.41) is 9.30. The number of halogens is 3. The summed E-state index contributed by atoms with van der Waals surface area (Å²) < 4.78 is 27.2. The van der Waals surface area contributed by atoms with Crippen molar-refractivity contribution in [3.63, 3.8) is 0 Å². The van der Waals surface area contributed by atoms with Crippen LogP contribution in [-0.2, 0) is 4.79 Å². The van der Waals surface area contributed by atoms with Gasteiger partial charge in [-0.2, -0.15) is 5.26 Å². The zero-order valence-corrected chi connectivity index (χ0v) is 17.4. The fourth-order valence-corrected chi connectivity index (χ4v) is 5.16. The number of carbonyl (C=O) groups is 3. The Morgan fingerprint density at radius 2 is 1.88 bits per heavy atom. The molecule has 5 rings (SSSR count). The highest BCUT2D eigenvalue weighted by Gasteiger charge is 2.63. The number of hydrogen-bond donors (Lipinski definition) is 0. The summed E-state index contributed by atoms with van der Waals surface area (Å²) in [5.74, 6) is -2.84. The number of benzene rings is 2. The number of imide groups is 1. The highest BCUT2D eigenvalue weighted by atomic mass is 35.5. The van der Waals surface area contributed by atoms with E-state index in [4.69, 9.17) is 16.9 Å². The third kappa shape index (κ3) is 2.72. The molecule has 7 nitrogen and oxygen atoms in total. The maximum absolute atomic E-state index is 13.6. The number of nitriles is 1. The van der Waals surface area contributed by atoms with Crippen LogP contribution in [0.2, 0.25) is 5.02 Å². The molecule has 3 saturated heterocycles. The van der Waals surface area contributed by atoms with Gasteiger partial charge in [0.1, 0.15) is 23.7 Å². The van der Waals surface area contributed by atoms with Crippen molar-refractivity contribution in [1.29, 1.82) is 5.26 Å². The number of hydrogen-bond acceptors (Lipinski definition) is 4. The average Bonchev–Trinajstić information content (AvgIpc) is 3.41. The summed E-state index contributed by atoms with van der Waals surface area (Å²) in [5.41, 5.74) is 0.781. The third-order valence-corrected chi connectivity index (χ3v) is 6.84. The van der Waals surface area contributed by atoms with Crippen LogP contribution >= 0.6 is 11.6 Å². The lowest BCUT2D eigenvalue weighted by atomic mass is 10.1. The standard InChI is InChI=1S/C22H15ClF2N4O3/c1-10-16(3-2-11(8-26)18(10)23)29-21(31)19-17-7-15(28(19)22(29)32)9-27(17)20(30)12-4-13(24)6-14(25)5-12/h2-6,15,17,19H,7,9H2,1H3/t15-,17?,19+/m1/s1. The van der Waals surface area contributed by atoms with E-state index in [1.54, 1.807) is 6.92 Å². The topological polar surface area (TPSA) is 84.7 Å². The lowest BCUT2D eigenvalue weighted by molar-refractivity contribution is -0.121. The zero-order chi connectivity index (χ0) is 22.9. The molecule has 2 aromatic rings. The number of fused-ring (bicyclic) bond motifs is 5. The summed E-state index contributed by atoms with van der Waals surface area (Å²) >= 11 is 6.22. The SMILES string of the molecule is Cc1c(N2C(=O)[C@@H]3C4C[C@H](CN4C(=O)c4cc(F)cc(F)c4)N3C2=O)ccc(C#N)c1Cl. The van der Waals surface area contributed by atoms with Gasteiger partial charge >= 0.3 is 6.03 Å². The molecule has 2 aromatic carbocycles. The van der Waals surface area contributed by atoms with Gasteiger partial charge < -0.3 is 9.80 Å². The van der Waals surface area contributed by atoms with Gasteiger partial charge in [0.05, 0.1) is 28.4 Å². The van der Waals surface area contributed by atoms with Gasteiger partial charge in [-0.15, -0.1) is 0 Å². The van der Waals surface area contributed by atoms with Gasteiger partial charge in [0, 0.05) is 18.2 Å². The number of amides is 4. The first-order chi connectivity index (χ1) is 15.2. The Balaban J connectivity index is 1.47. The second-order valence-corrected chi connectivity index (χ2v) is 8.44. The molecule has 0 radical (unpaired) electrons. The van der Waals surface area contributed by atoms with Crippen LogP contribution in [0.3, 0.4) is 0 Å². The van der Waals surface area contributed by atoms with Crippen LogP contribution < -0.4 is 4.90 Å². The normalized spacial score (nSPS) is 23.7.